The van der Waals surface area contributed by atoms with E-state index >= 15 is 0 Å². The number of nitrogens with zero attached hydrogens (tertiary/aromatic N) is 5. The lowest BCUT2D eigenvalue weighted by molar-refractivity contribution is 1.17. The molecule has 0 aliphatic heterocycles. The van der Waals surface area contributed by atoms with Crippen molar-refractivity contribution in [2.24, 2.45) is 0 Å². The first kappa shape index (κ1) is 28.8. The minimum absolute atomic E-state index is 0.426. The lowest BCUT2D eigenvalue weighted by Gasteiger charge is -2.16. The second-order valence-electron chi connectivity index (χ2n) is 12.3. The topological polar surface area (TPSA) is 42.4 Å². The highest BCUT2D eigenvalue weighted by Gasteiger charge is 2.18. The van der Waals surface area contributed by atoms with E-state index in [4.69, 9.17) is 13.1 Å². The van der Waals surface area contributed by atoms with Crippen LogP contribution in [0, 0.1) is 24.5 Å². The molecular weight excluding hydrogens is 611 g/mol. The van der Waals surface area contributed by atoms with Gasteiger partial charge in [0, 0.05) is 38.7 Å². The van der Waals surface area contributed by atoms with Gasteiger partial charge >= 0.3 is 0 Å². The van der Waals surface area contributed by atoms with Crippen LogP contribution < -0.4 is 0 Å². The van der Waals surface area contributed by atoms with Gasteiger partial charge in [0.15, 0.2) is 11.4 Å². The molecule has 0 radical (unpaired) electrons. The summed E-state index contributed by atoms with van der Waals surface area (Å²) in [6.45, 7) is 15.6. The molecule has 0 N–H and O–H groups in total. The molecule has 0 aliphatic carbocycles. The Bertz CT molecular complexity index is 2890. The van der Waals surface area contributed by atoms with Crippen molar-refractivity contribution < 1.29 is 0 Å². The molecule has 9 aromatic rings. The van der Waals surface area contributed by atoms with Crippen LogP contribution in [-0.2, 0) is 0 Å². The maximum Gasteiger partial charge on any atom is 0.196 e. The van der Waals surface area contributed by atoms with Crippen molar-refractivity contribution in [3.8, 4) is 39.7 Å². The highest BCUT2D eigenvalue weighted by atomic mass is 15.0. The van der Waals surface area contributed by atoms with Crippen LogP contribution in [0.25, 0.3) is 86.9 Å². The van der Waals surface area contributed by atoms with E-state index in [2.05, 4.69) is 128 Å². The second kappa shape index (κ2) is 11.4. The zero-order valence-corrected chi connectivity index (χ0v) is 26.7. The molecule has 0 saturated carbocycles. The van der Waals surface area contributed by atoms with Gasteiger partial charge in [0.1, 0.15) is 0 Å². The molecule has 0 fully saturated rings. The van der Waals surface area contributed by atoms with Crippen molar-refractivity contribution >= 4 is 55.0 Å². The molecule has 5 nitrogen and oxygen atoms in total. The largest absolute Gasteiger partial charge is 0.309 e. The van der Waals surface area contributed by atoms with Crippen molar-refractivity contribution in [1.29, 1.82) is 5.26 Å². The van der Waals surface area contributed by atoms with Crippen LogP contribution in [0.2, 0.25) is 0 Å². The number of aromatic nitrogens is 2. The molecule has 0 unspecified atom stereocenters. The average Bonchev–Trinajstić information content (AvgIpc) is 3.70. The molecule has 7 aromatic carbocycles. The number of hydrogen-bond acceptors (Lipinski definition) is 1. The van der Waals surface area contributed by atoms with E-state index < -0.39 is 0 Å². The van der Waals surface area contributed by atoms with Gasteiger partial charge in [-0.25, -0.2) is 9.69 Å². The minimum atomic E-state index is 0.426. The van der Waals surface area contributed by atoms with Crippen LogP contribution in [0.5, 0.6) is 0 Å². The first-order chi connectivity index (χ1) is 24.7. The zero-order chi connectivity index (χ0) is 33.8. The SMILES string of the molecule is [C-]#[N+]c1ccc2c(c1)c1ccccc1n2-c1cc(-c2cccc(-n3c4ccccc4c4ccccc43)c2)cc(-c2c(C#N)cccc2[N+]#[C-])c1. The van der Waals surface area contributed by atoms with Gasteiger partial charge in [0.2, 0.25) is 0 Å². The van der Waals surface area contributed by atoms with Gasteiger partial charge < -0.3 is 9.13 Å². The van der Waals surface area contributed by atoms with Crippen molar-refractivity contribution in [1.82, 2.24) is 9.13 Å². The fraction of sp³-hybridized carbons (Fsp3) is 0. The van der Waals surface area contributed by atoms with Crippen LogP contribution in [0.4, 0.5) is 11.4 Å². The second-order valence-corrected chi connectivity index (χ2v) is 12.3. The Hall–Kier alpha value is -7.39. The quantitative estimate of drug-likeness (QED) is 0.177. The summed E-state index contributed by atoms with van der Waals surface area (Å²) >= 11 is 0. The molecule has 0 aliphatic rings. The van der Waals surface area contributed by atoms with E-state index in [9.17, 15) is 5.26 Å². The summed E-state index contributed by atoms with van der Waals surface area (Å²) in [4.78, 5) is 7.54. The summed E-state index contributed by atoms with van der Waals surface area (Å²) in [6.07, 6.45) is 0. The molecule has 9 rings (SSSR count). The maximum absolute atomic E-state index is 10.2. The Morgan fingerprint density at radius 3 is 1.70 bits per heavy atom. The smallest absolute Gasteiger partial charge is 0.196 e. The van der Waals surface area contributed by atoms with E-state index in [0.29, 0.717) is 22.5 Å². The molecule has 0 spiro atoms. The Kier molecular flexibility index (Phi) is 6.56. The molecule has 0 bridgehead atoms. The fourth-order valence-corrected chi connectivity index (χ4v) is 7.42. The number of rotatable bonds is 4. The van der Waals surface area contributed by atoms with Gasteiger partial charge in [-0.05, 0) is 88.8 Å². The molecule has 2 aromatic heterocycles. The molecule has 5 heteroatoms. The van der Waals surface area contributed by atoms with Crippen molar-refractivity contribution in [3.05, 3.63) is 180 Å². The highest BCUT2D eigenvalue weighted by Crippen LogP contribution is 2.41. The third-order valence-corrected chi connectivity index (χ3v) is 9.55. The predicted octanol–water partition coefficient (Wildman–Crippen LogP) is 12.2. The first-order valence-corrected chi connectivity index (χ1v) is 16.2. The van der Waals surface area contributed by atoms with Crippen LogP contribution >= 0.6 is 0 Å². The standard InChI is InChI=1S/C45H25N5/c1-47-33-21-22-44-39(27-33)38-16-5-8-20-43(38)50(44)35-25-31(23-32(26-35)45-30(28-46)12-10-17-40(45)48-2)29-11-9-13-34(24-29)49-41-18-6-3-14-36(41)37-15-4-7-19-42(37)49/h3-27H. The number of nitriles is 1. The van der Waals surface area contributed by atoms with Crippen LogP contribution in [0.3, 0.4) is 0 Å². The fourth-order valence-electron chi connectivity index (χ4n) is 7.42. The highest BCUT2D eigenvalue weighted by molar-refractivity contribution is 6.11. The lowest BCUT2D eigenvalue weighted by Crippen LogP contribution is -1.97. The van der Waals surface area contributed by atoms with Gasteiger partial charge in [0.25, 0.3) is 0 Å². The predicted molar refractivity (Wildman–Crippen MR) is 203 cm³/mol. The van der Waals surface area contributed by atoms with E-state index in [0.717, 1.165) is 60.9 Å². The summed E-state index contributed by atoms with van der Waals surface area (Å²) in [6, 6.07) is 53.5. The molecule has 0 atom stereocenters. The monoisotopic (exact) mass is 635 g/mol. The van der Waals surface area contributed by atoms with Crippen molar-refractivity contribution in [2.75, 3.05) is 0 Å². The summed E-state index contributed by atoms with van der Waals surface area (Å²) in [5.41, 5.74) is 11.0. The number of para-hydroxylation sites is 3. The van der Waals surface area contributed by atoms with Crippen molar-refractivity contribution in [3.63, 3.8) is 0 Å². The van der Waals surface area contributed by atoms with Gasteiger partial charge in [0.05, 0.1) is 41.3 Å². The first-order valence-electron chi connectivity index (χ1n) is 16.2. The third kappa shape index (κ3) is 4.38. The molecule has 50 heavy (non-hydrogen) atoms. The van der Waals surface area contributed by atoms with E-state index in [-0.39, 0.29) is 0 Å². The number of fused-ring (bicyclic) bond motifs is 6. The average molecular weight is 636 g/mol. The van der Waals surface area contributed by atoms with Gasteiger partial charge in [-0.2, -0.15) is 5.26 Å². The maximum atomic E-state index is 10.2. The Morgan fingerprint density at radius 1 is 0.460 bits per heavy atom. The van der Waals surface area contributed by atoms with E-state index in [1.165, 1.54) is 10.8 Å². The van der Waals surface area contributed by atoms with Gasteiger partial charge in [-0.15, -0.1) is 0 Å². The van der Waals surface area contributed by atoms with Gasteiger partial charge in [-0.1, -0.05) is 84.9 Å². The van der Waals surface area contributed by atoms with Gasteiger partial charge in [-0.3, -0.25) is 0 Å². The third-order valence-electron chi connectivity index (χ3n) is 9.55. The molecule has 230 valence electrons. The van der Waals surface area contributed by atoms with Crippen LogP contribution in [-0.4, -0.2) is 9.13 Å². The Balaban J connectivity index is 1.34. The Morgan fingerprint density at radius 2 is 1.04 bits per heavy atom. The zero-order valence-electron chi connectivity index (χ0n) is 26.7. The Labute approximate surface area is 288 Å². The minimum Gasteiger partial charge on any atom is -0.309 e. The summed E-state index contributed by atoms with van der Waals surface area (Å²) in [5, 5.41) is 14.6. The summed E-state index contributed by atoms with van der Waals surface area (Å²) in [7, 11) is 0. The molecule has 2 heterocycles. The van der Waals surface area contributed by atoms with Crippen LogP contribution in [0.15, 0.2) is 152 Å². The van der Waals surface area contributed by atoms with Crippen molar-refractivity contribution in [2.45, 2.75) is 0 Å². The molecule has 0 amide bonds. The molecular formula is C45H25N5. The van der Waals surface area contributed by atoms with Crippen LogP contribution in [0.1, 0.15) is 5.56 Å². The summed E-state index contributed by atoms with van der Waals surface area (Å²) < 4.78 is 4.53. The summed E-state index contributed by atoms with van der Waals surface area (Å²) in [5.74, 6) is 0. The normalized spacial score (nSPS) is 11.1. The van der Waals surface area contributed by atoms with E-state index in [1.807, 2.05) is 30.3 Å². The lowest BCUT2D eigenvalue weighted by atomic mass is 9.94. The number of benzene rings is 7. The number of hydrogen-bond donors (Lipinski definition) is 0. The molecule has 0 saturated heterocycles. The van der Waals surface area contributed by atoms with E-state index in [1.54, 1.807) is 18.2 Å².